The second-order valence-electron chi connectivity index (χ2n) is 5.21. The number of rotatable bonds is 6. The van der Waals surface area contributed by atoms with Gasteiger partial charge in [0, 0.05) is 0 Å². The minimum absolute atomic E-state index is 0.126. The third-order valence-corrected chi connectivity index (χ3v) is 3.58. The van der Waals surface area contributed by atoms with Crippen LogP contribution >= 0.6 is 0 Å². The van der Waals surface area contributed by atoms with Crippen molar-refractivity contribution >= 4 is 5.91 Å². The molecule has 0 spiro atoms. The van der Waals surface area contributed by atoms with Gasteiger partial charge in [0.15, 0.2) is 11.6 Å². The van der Waals surface area contributed by atoms with Gasteiger partial charge in [-0.05, 0) is 42.3 Å². The third-order valence-electron chi connectivity index (χ3n) is 3.58. The first-order chi connectivity index (χ1) is 11.0. The van der Waals surface area contributed by atoms with Crippen LogP contribution in [-0.2, 0) is 11.2 Å². The smallest absolute Gasteiger partial charge is 0.224 e. The first kappa shape index (κ1) is 16.8. The average Bonchev–Trinajstić information content (AvgIpc) is 2.55. The zero-order valence-corrected chi connectivity index (χ0v) is 13.4. The van der Waals surface area contributed by atoms with Gasteiger partial charge in [0.25, 0.3) is 0 Å². The Hall–Kier alpha value is -2.56. The van der Waals surface area contributed by atoms with Crippen LogP contribution in [-0.4, -0.2) is 20.1 Å². The van der Waals surface area contributed by atoms with Gasteiger partial charge in [-0.15, -0.1) is 0 Å². The van der Waals surface area contributed by atoms with Crippen LogP contribution in [0.1, 0.15) is 24.1 Å². The lowest BCUT2D eigenvalue weighted by molar-refractivity contribution is -0.121. The molecule has 2 rings (SSSR count). The van der Waals surface area contributed by atoms with E-state index >= 15 is 0 Å². The van der Waals surface area contributed by atoms with Gasteiger partial charge in [-0.1, -0.05) is 18.2 Å². The largest absolute Gasteiger partial charge is 0.497 e. The molecule has 0 bridgehead atoms. The van der Waals surface area contributed by atoms with Crippen molar-refractivity contribution < 1.29 is 18.7 Å². The molecule has 0 saturated heterocycles. The zero-order chi connectivity index (χ0) is 16.8. The molecular weight excluding hydrogens is 297 g/mol. The first-order valence-corrected chi connectivity index (χ1v) is 7.29. The molecule has 2 aromatic rings. The Kier molecular flexibility index (Phi) is 5.57. The molecule has 1 atom stereocenters. The molecule has 0 saturated carbocycles. The highest BCUT2D eigenvalue weighted by atomic mass is 19.1. The van der Waals surface area contributed by atoms with Crippen LogP contribution in [0.5, 0.6) is 11.5 Å². The Balaban J connectivity index is 1.97. The van der Waals surface area contributed by atoms with Crippen LogP contribution in [0.3, 0.4) is 0 Å². The van der Waals surface area contributed by atoms with Crippen LogP contribution < -0.4 is 14.8 Å². The Morgan fingerprint density at radius 1 is 1.13 bits per heavy atom. The average molecular weight is 317 g/mol. The summed E-state index contributed by atoms with van der Waals surface area (Å²) in [6.07, 6.45) is 0.257. The van der Waals surface area contributed by atoms with E-state index in [1.54, 1.807) is 19.2 Å². The Labute approximate surface area is 135 Å². The number of hydrogen-bond acceptors (Lipinski definition) is 3. The van der Waals surface area contributed by atoms with E-state index < -0.39 is 5.82 Å². The van der Waals surface area contributed by atoms with E-state index in [4.69, 9.17) is 9.47 Å². The summed E-state index contributed by atoms with van der Waals surface area (Å²) in [7, 11) is 3.01. The SMILES string of the molecule is COc1ccc(CC(=O)N[C@@H](C)c2ccc(OC)c(F)c2)cc1. The summed E-state index contributed by atoms with van der Waals surface area (Å²) in [5.41, 5.74) is 1.57. The summed E-state index contributed by atoms with van der Waals surface area (Å²) in [6.45, 7) is 1.81. The summed E-state index contributed by atoms with van der Waals surface area (Å²) in [5.74, 6) is 0.363. The molecule has 5 heteroatoms. The summed E-state index contributed by atoms with van der Waals surface area (Å²) >= 11 is 0. The molecule has 0 heterocycles. The number of carbonyl (C=O) groups is 1. The molecule has 1 amide bonds. The normalized spacial score (nSPS) is 11.7. The van der Waals surface area contributed by atoms with Crippen molar-refractivity contribution in [1.82, 2.24) is 5.32 Å². The minimum atomic E-state index is -0.443. The van der Waals surface area contributed by atoms with Crippen molar-refractivity contribution in [2.75, 3.05) is 14.2 Å². The van der Waals surface area contributed by atoms with E-state index in [-0.39, 0.29) is 24.1 Å². The summed E-state index contributed by atoms with van der Waals surface area (Å²) < 4.78 is 23.7. The molecule has 0 aliphatic rings. The number of amides is 1. The molecule has 1 N–H and O–H groups in total. The maximum atomic E-state index is 13.7. The Bertz CT molecular complexity index is 670. The van der Waals surface area contributed by atoms with E-state index in [0.29, 0.717) is 5.56 Å². The van der Waals surface area contributed by atoms with Crippen molar-refractivity contribution in [3.63, 3.8) is 0 Å². The highest BCUT2D eigenvalue weighted by Gasteiger charge is 2.12. The van der Waals surface area contributed by atoms with Gasteiger partial charge in [-0.25, -0.2) is 4.39 Å². The molecule has 0 unspecified atom stereocenters. The maximum absolute atomic E-state index is 13.7. The van der Waals surface area contributed by atoms with E-state index in [1.165, 1.54) is 13.2 Å². The van der Waals surface area contributed by atoms with Crippen molar-refractivity contribution in [2.24, 2.45) is 0 Å². The summed E-state index contributed by atoms with van der Waals surface area (Å²) in [4.78, 5) is 12.1. The fourth-order valence-corrected chi connectivity index (χ4v) is 2.26. The molecule has 122 valence electrons. The molecular formula is C18H20FNO3. The molecule has 0 aromatic heterocycles. The number of hydrogen-bond donors (Lipinski definition) is 1. The van der Waals surface area contributed by atoms with Gasteiger partial charge < -0.3 is 14.8 Å². The van der Waals surface area contributed by atoms with Gasteiger partial charge >= 0.3 is 0 Å². The van der Waals surface area contributed by atoms with Crippen molar-refractivity contribution in [3.05, 3.63) is 59.4 Å². The number of ether oxygens (including phenoxy) is 2. The number of methoxy groups -OCH3 is 2. The molecule has 0 aliphatic carbocycles. The van der Waals surface area contributed by atoms with E-state index in [2.05, 4.69) is 5.32 Å². The van der Waals surface area contributed by atoms with E-state index in [0.717, 1.165) is 11.3 Å². The quantitative estimate of drug-likeness (QED) is 0.889. The molecule has 0 aliphatic heterocycles. The van der Waals surface area contributed by atoms with Gasteiger partial charge in [0.05, 0.1) is 26.7 Å². The van der Waals surface area contributed by atoms with Crippen LogP contribution in [0.15, 0.2) is 42.5 Å². The lowest BCUT2D eigenvalue weighted by Crippen LogP contribution is -2.28. The number of carbonyl (C=O) groups excluding carboxylic acids is 1. The number of nitrogens with one attached hydrogen (secondary N) is 1. The van der Waals surface area contributed by atoms with Crippen LogP contribution in [0.2, 0.25) is 0 Å². The van der Waals surface area contributed by atoms with Gasteiger partial charge in [0.1, 0.15) is 5.75 Å². The van der Waals surface area contributed by atoms with Crippen molar-refractivity contribution in [3.8, 4) is 11.5 Å². The summed E-state index contributed by atoms with van der Waals surface area (Å²) in [5, 5.41) is 2.86. The topological polar surface area (TPSA) is 47.6 Å². The molecule has 23 heavy (non-hydrogen) atoms. The fraction of sp³-hybridized carbons (Fsp3) is 0.278. The van der Waals surface area contributed by atoms with E-state index in [1.807, 2.05) is 31.2 Å². The number of benzene rings is 2. The molecule has 2 aromatic carbocycles. The van der Waals surface area contributed by atoms with Crippen LogP contribution in [0.25, 0.3) is 0 Å². The van der Waals surface area contributed by atoms with Crippen molar-refractivity contribution in [1.29, 1.82) is 0 Å². The highest BCUT2D eigenvalue weighted by molar-refractivity contribution is 5.79. The second kappa shape index (κ2) is 7.63. The second-order valence-corrected chi connectivity index (χ2v) is 5.21. The predicted octanol–water partition coefficient (Wildman–Crippen LogP) is 3.26. The Morgan fingerprint density at radius 3 is 2.39 bits per heavy atom. The van der Waals surface area contributed by atoms with Crippen LogP contribution in [0, 0.1) is 5.82 Å². The van der Waals surface area contributed by atoms with Gasteiger partial charge in [-0.3, -0.25) is 4.79 Å². The molecule has 0 radical (unpaired) electrons. The fourth-order valence-electron chi connectivity index (χ4n) is 2.26. The summed E-state index contributed by atoms with van der Waals surface area (Å²) in [6, 6.07) is 11.7. The molecule has 0 fully saturated rings. The lowest BCUT2D eigenvalue weighted by Gasteiger charge is -2.15. The number of halogens is 1. The first-order valence-electron chi connectivity index (χ1n) is 7.29. The third kappa shape index (κ3) is 4.45. The highest BCUT2D eigenvalue weighted by Crippen LogP contribution is 2.21. The minimum Gasteiger partial charge on any atom is -0.497 e. The predicted molar refractivity (Wildman–Crippen MR) is 86.2 cm³/mol. The zero-order valence-electron chi connectivity index (χ0n) is 13.4. The van der Waals surface area contributed by atoms with Crippen molar-refractivity contribution in [2.45, 2.75) is 19.4 Å². The Morgan fingerprint density at radius 2 is 1.83 bits per heavy atom. The monoisotopic (exact) mass is 317 g/mol. The van der Waals surface area contributed by atoms with E-state index in [9.17, 15) is 9.18 Å². The lowest BCUT2D eigenvalue weighted by atomic mass is 10.1. The van der Waals surface area contributed by atoms with Gasteiger partial charge in [0.2, 0.25) is 5.91 Å². The standard InChI is InChI=1S/C18H20FNO3/c1-12(14-6-9-17(23-3)16(19)11-14)20-18(21)10-13-4-7-15(22-2)8-5-13/h4-9,11-12H,10H2,1-3H3,(H,20,21)/t12-/m0/s1. The van der Waals surface area contributed by atoms with Gasteiger partial charge in [-0.2, -0.15) is 0 Å². The van der Waals surface area contributed by atoms with Crippen LogP contribution in [0.4, 0.5) is 4.39 Å². The maximum Gasteiger partial charge on any atom is 0.224 e. The molecule has 4 nitrogen and oxygen atoms in total.